The Balaban J connectivity index is 1.70. The van der Waals surface area contributed by atoms with Gasteiger partial charge in [-0.15, -0.1) is 0 Å². The van der Waals surface area contributed by atoms with Gasteiger partial charge in [-0.1, -0.05) is 30.3 Å². The molecule has 1 unspecified atom stereocenters. The van der Waals surface area contributed by atoms with E-state index in [1.807, 2.05) is 35.2 Å². The third-order valence-electron chi connectivity index (χ3n) is 4.10. The molecule has 0 aliphatic carbocycles. The topological polar surface area (TPSA) is 50.6 Å². The normalized spacial score (nSPS) is 23.4. The summed E-state index contributed by atoms with van der Waals surface area (Å²) in [7, 11) is 0. The minimum absolute atomic E-state index is 0.152. The van der Waals surface area contributed by atoms with Gasteiger partial charge in [-0.25, -0.2) is 0 Å². The number of hydrogen-bond acceptors (Lipinski definition) is 4. The number of carbonyl (C=O) groups excluding carboxylic acids is 1. The second-order valence-corrected chi connectivity index (χ2v) is 5.34. The van der Waals surface area contributed by atoms with Crippen molar-refractivity contribution in [2.45, 2.75) is 12.6 Å². The molecule has 0 radical (unpaired) electrons. The first-order valence-electron chi connectivity index (χ1n) is 6.99. The number of rotatable bonds is 2. The Morgan fingerprint density at radius 3 is 2.65 bits per heavy atom. The minimum atomic E-state index is -0.152. The van der Waals surface area contributed by atoms with E-state index in [9.17, 15) is 4.79 Å². The van der Waals surface area contributed by atoms with E-state index < -0.39 is 0 Å². The van der Waals surface area contributed by atoms with Gasteiger partial charge < -0.3 is 9.80 Å². The molecular formula is C15H18N4O. The van der Waals surface area contributed by atoms with Gasteiger partial charge >= 0.3 is 0 Å². The van der Waals surface area contributed by atoms with Crippen LogP contribution in [-0.4, -0.2) is 59.4 Å². The lowest BCUT2D eigenvalue weighted by atomic mass is 10.1. The molecule has 1 atom stereocenters. The van der Waals surface area contributed by atoms with Crippen molar-refractivity contribution in [1.82, 2.24) is 14.7 Å². The summed E-state index contributed by atoms with van der Waals surface area (Å²) in [4.78, 5) is 18.4. The number of benzene rings is 1. The van der Waals surface area contributed by atoms with Gasteiger partial charge in [-0.2, -0.15) is 5.26 Å². The molecule has 0 aromatic heterocycles. The molecule has 2 fully saturated rings. The predicted molar refractivity (Wildman–Crippen MR) is 74.4 cm³/mol. The van der Waals surface area contributed by atoms with E-state index in [0.29, 0.717) is 13.1 Å². The van der Waals surface area contributed by atoms with Crippen molar-refractivity contribution in [3.05, 3.63) is 35.9 Å². The number of fused-ring (bicyclic) bond motifs is 1. The van der Waals surface area contributed by atoms with E-state index in [1.165, 1.54) is 0 Å². The van der Waals surface area contributed by atoms with Crippen molar-refractivity contribution in [2.24, 2.45) is 0 Å². The Kier molecular flexibility index (Phi) is 3.57. The highest BCUT2D eigenvalue weighted by Crippen LogP contribution is 2.18. The first-order chi connectivity index (χ1) is 9.78. The van der Waals surface area contributed by atoms with Gasteiger partial charge in [0.1, 0.15) is 6.04 Å². The Hall–Kier alpha value is -2.06. The first-order valence-corrected chi connectivity index (χ1v) is 6.99. The van der Waals surface area contributed by atoms with Crippen molar-refractivity contribution < 1.29 is 4.79 Å². The third kappa shape index (κ3) is 2.47. The lowest BCUT2D eigenvalue weighted by Crippen LogP contribution is -2.63. The van der Waals surface area contributed by atoms with Crippen LogP contribution in [0.4, 0.5) is 0 Å². The Labute approximate surface area is 119 Å². The zero-order valence-corrected chi connectivity index (χ0v) is 11.4. The first kappa shape index (κ1) is 12.9. The van der Waals surface area contributed by atoms with Gasteiger partial charge in [0.15, 0.2) is 6.19 Å². The standard InChI is InChI=1S/C15H18N4O/c16-12-17-6-7-18-8-9-19(15(20)14(18)11-17)10-13-4-2-1-3-5-13/h1-5,14H,6-11H2. The average molecular weight is 270 g/mol. The average Bonchev–Trinajstić information content (AvgIpc) is 2.51. The molecular weight excluding hydrogens is 252 g/mol. The smallest absolute Gasteiger partial charge is 0.242 e. The monoisotopic (exact) mass is 270 g/mol. The van der Waals surface area contributed by atoms with E-state index >= 15 is 0 Å². The van der Waals surface area contributed by atoms with E-state index in [4.69, 9.17) is 5.26 Å². The van der Waals surface area contributed by atoms with Crippen LogP contribution in [0.1, 0.15) is 5.56 Å². The summed E-state index contributed by atoms with van der Waals surface area (Å²) in [5, 5.41) is 9.00. The molecule has 3 rings (SSSR count). The number of hydrogen-bond donors (Lipinski definition) is 0. The lowest BCUT2D eigenvalue weighted by Gasteiger charge is -2.45. The highest BCUT2D eigenvalue weighted by molar-refractivity contribution is 5.83. The molecule has 2 aliphatic rings. The van der Waals surface area contributed by atoms with E-state index in [1.54, 1.807) is 4.90 Å². The van der Waals surface area contributed by atoms with Crippen LogP contribution >= 0.6 is 0 Å². The molecule has 5 heteroatoms. The molecule has 1 amide bonds. The Morgan fingerprint density at radius 2 is 1.90 bits per heavy atom. The Bertz CT molecular complexity index is 524. The van der Waals surface area contributed by atoms with Crippen molar-refractivity contribution in [2.75, 3.05) is 32.7 Å². The molecule has 2 aliphatic heterocycles. The van der Waals surface area contributed by atoms with Crippen LogP contribution in [0, 0.1) is 11.5 Å². The van der Waals surface area contributed by atoms with Gasteiger partial charge in [-0.05, 0) is 5.56 Å². The predicted octanol–water partition coefficient (Wildman–Crippen LogP) is 0.496. The summed E-state index contributed by atoms with van der Waals surface area (Å²) in [6, 6.07) is 9.91. The fraction of sp³-hybridized carbons (Fsp3) is 0.467. The molecule has 0 saturated carbocycles. The highest BCUT2D eigenvalue weighted by atomic mass is 16.2. The number of piperazine rings is 2. The van der Waals surface area contributed by atoms with Crippen molar-refractivity contribution in [3.63, 3.8) is 0 Å². The van der Waals surface area contributed by atoms with Gasteiger partial charge in [0.25, 0.3) is 0 Å². The third-order valence-corrected chi connectivity index (χ3v) is 4.10. The van der Waals surface area contributed by atoms with Crippen LogP contribution in [0.15, 0.2) is 30.3 Å². The fourth-order valence-electron chi connectivity index (χ4n) is 2.94. The number of amides is 1. The molecule has 0 spiro atoms. The molecule has 0 N–H and O–H groups in total. The lowest BCUT2D eigenvalue weighted by molar-refractivity contribution is -0.145. The zero-order valence-electron chi connectivity index (χ0n) is 11.4. The van der Waals surface area contributed by atoms with Crippen LogP contribution in [0.2, 0.25) is 0 Å². The van der Waals surface area contributed by atoms with Crippen LogP contribution in [0.3, 0.4) is 0 Å². The molecule has 104 valence electrons. The summed E-state index contributed by atoms with van der Waals surface area (Å²) < 4.78 is 0. The number of nitriles is 1. The SMILES string of the molecule is N#CN1CCN2CCN(Cc3ccccc3)C(=O)C2C1. The quantitative estimate of drug-likeness (QED) is 0.734. The number of nitrogens with zero attached hydrogens (tertiary/aromatic N) is 4. The number of carbonyl (C=O) groups is 1. The molecule has 1 aromatic carbocycles. The highest BCUT2D eigenvalue weighted by Gasteiger charge is 2.38. The van der Waals surface area contributed by atoms with Crippen LogP contribution in [0.5, 0.6) is 0 Å². The molecule has 0 bridgehead atoms. The van der Waals surface area contributed by atoms with Gasteiger partial charge in [0, 0.05) is 32.7 Å². The van der Waals surface area contributed by atoms with Gasteiger partial charge in [0.2, 0.25) is 5.91 Å². The van der Waals surface area contributed by atoms with Crippen LogP contribution in [-0.2, 0) is 11.3 Å². The van der Waals surface area contributed by atoms with Crippen molar-refractivity contribution in [3.8, 4) is 6.19 Å². The van der Waals surface area contributed by atoms with Crippen LogP contribution < -0.4 is 0 Å². The summed E-state index contributed by atoms with van der Waals surface area (Å²) >= 11 is 0. The van der Waals surface area contributed by atoms with Crippen molar-refractivity contribution >= 4 is 5.91 Å². The van der Waals surface area contributed by atoms with E-state index in [-0.39, 0.29) is 11.9 Å². The van der Waals surface area contributed by atoms with Crippen LogP contribution in [0.25, 0.3) is 0 Å². The van der Waals surface area contributed by atoms with Gasteiger partial charge in [-0.3, -0.25) is 9.69 Å². The maximum absolute atomic E-state index is 12.6. The summed E-state index contributed by atoms with van der Waals surface area (Å²) in [5.41, 5.74) is 1.15. The summed E-state index contributed by atoms with van der Waals surface area (Å²) in [6.45, 7) is 4.42. The summed E-state index contributed by atoms with van der Waals surface area (Å²) in [6.07, 6.45) is 2.16. The van der Waals surface area contributed by atoms with Gasteiger partial charge in [0.05, 0.1) is 6.54 Å². The van der Waals surface area contributed by atoms with Crippen molar-refractivity contribution in [1.29, 1.82) is 5.26 Å². The minimum Gasteiger partial charge on any atom is -0.336 e. The molecule has 2 heterocycles. The maximum Gasteiger partial charge on any atom is 0.242 e. The van der Waals surface area contributed by atoms with E-state index in [2.05, 4.69) is 11.1 Å². The molecule has 1 aromatic rings. The fourth-order valence-corrected chi connectivity index (χ4v) is 2.94. The maximum atomic E-state index is 12.6. The molecule has 2 saturated heterocycles. The second-order valence-electron chi connectivity index (χ2n) is 5.34. The Morgan fingerprint density at radius 1 is 1.15 bits per heavy atom. The molecule has 20 heavy (non-hydrogen) atoms. The second kappa shape index (κ2) is 5.51. The molecule has 5 nitrogen and oxygen atoms in total. The zero-order chi connectivity index (χ0) is 13.9. The summed E-state index contributed by atoms with van der Waals surface area (Å²) in [5.74, 6) is 0.153. The van der Waals surface area contributed by atoms with E-state index in [0.717, 1.165) is 31.7 Å². The largest absolute Gasteiger partial charge is 0.336 e.